The number of phenols is 1. The Morgan fingerprint density at radius 1 is 1.21 bits per heavy atom. The van der Waals surface area contributed by atoms with Gasteiger partial charge in [0.2, 0.25) is 0 Å². The highest BCUT2D eigenvalue weighted by Gasteiger charge is 2.18. The summed E-state index contributed by atoms with van der Waals surface area (Å²) in [7, 11) is 0. The third kappa shape index (κ3) is 3.50. The molecule has 1 fully saturated rings. The van der Waals surface area contributed by atoms with Crippen LogP contribution in [-0.4, -0.2) is 18.2 Å². The number of nitrogens with one attached hydrogen (secondary N) is 1. The molecule has 1 saturated heterocycles. The summed E-state index contributed by atoms with van der Waals surface area (Å²) in [5.74, 6) is 1.98. The molecule has 1 aromatic carbocycles. The van der Waals surface area contributed by atoms with Gasteiger partial charge in [0, 0.05) is 6.54 Å². The highest BCUT2D eigenvalue weighted by molar-refractivity contribution is 5.40. The molecule has 1 heterocycles. The molecule has 2 N–H and O–H groups in total. The Bertz CT molecular complexity index is 406. The van der Waals surface area contributed by atoms with E-state index in [-0.39, 0.29) is 0 Å². The molecule has 0 aromatic heterocycles. The van der Waals surface area contributed by atoms with E-state index in [1.165, 1.54) is 24.8 Å². The Balaban J connectivity index is 2.18. The van der Waals surface area contributed by atoms with Crippen molar-refractivity contribution in [1.82, 2.24) is 5.32 Å². The second kappa shape index (κ2) is 6.42. The van der Waals surface area contributed by atoms with E-state index in [1.807, 2.05) is 6.07 Å². The second-order valence-electron chi connectivity index (χ2n) is 6.25. The van der Waals surface area contributed by atoms with E-state index in [1.54, 1.807) is 0 Å². The van der Waals surface area contributed by atoms with Crippen molar-refractivity contribution < 1.29 is 5.11 Å². The van der Waals surface area contributed by atoms with Gasteiger partial charge in [-0.25, -0.2) is 0 Å². The van der Waals surface area contributed by atoms with Crippen LogP contribution in [-0.2, 0) is 0 Å². The molecule has 1 aliphatic rings. The molecule has 0 bridgehead atoms. The summed E-state index contributed by atoms with van der Waals surface area (Å²) in [6.07, 6.45) is 3.78. The summed E-state index contributed by atoms with van der Waals surface area (Å²) in [4.78, 5) is 0. The van der Waals surface area contributed by atoms with Crippen molar-refractivity contribution in [3.8, 4) is 5.75 Å². The van der Waals surface area contributed by atoms with Gasteiger partial charge in [0.25, 0.3) is 0 Å². The molecule has 19 heavy (non-hydrogen) atoms. The first-order chi connectivity index (χ1) is 9.09. The van der Waals surface area contributed by atoms with Crippen LogP contribution in [0.1, 0.15) is 63.0 Å². The maximum Gasteiger partial charge on any atom is 0.119 e. The van der Waals surface area contributed by atoms with Crippen LogP contribution in [0.3, 0.4) is 0 Å². The lowest BCUT2D eigenvalue weighted by atomic mass is 9.87. The van der Waals surface area contributed by atoms with Crippen molar-refractivity contribution in [2.45, 2.75) is 51.9 Å². The first-order valence-corrected chi connectivity index (χ1v) is 7.63. The lowest BCUT2D eigenvalue weighted by molar-refractivity contribution is 0.444. The van der Waals surface area contributed by atoms with Gasteiger partial charge in [0.15, 0.2) is 0 Å². The standard InChI is InChI=1S/C17H27NO/c1-12(2)13(3)16-8-7-14(10-17(16)19)15-6-4-5-9-18-11-15/h7-8,10,12-13,15,18-19H,4-6,9,11H2,1-3H3. The largest absolute Gasteiger partial charge is 0.508 e. The Hall–Kier alpha value is -1.02. The van der Waals surface area contributed by atoms with Crippen LogP contribution in [0.4, 0.5) is 0 Å². The van der Waals surface area contributed by atoms with Crippen LogP contribution >= 0.6 is 0 Å². The first-order valence-electron chi connectivity index (χ1n) is 7.63. The Morgan fingerprint density at radius 2 is 2.00 bits per heavy atom. The van der Waals surface area contributed by atoms with E-state index in [0.29, 0.717) is 23.5 Å². The van der Waals surface area contributed by atoms with Crippen molar-refractivity contribution >= 4 is 0 Å². The van der Waals surface area contributed by atoms with Gasteiger partial charge in [-0.1, -0.05) is 39.3 Å². The van der Waals surface area contributed by atoms with Crippen LogP contribution in [0.15, 0.2) is 18.2 Å². The summed E-state index contributed by atoms with van der Waals surface area (Å²) in [5.41, 5.74) is 2.37. The molecule has 0 saturated carbocycles. The van der Waals surface area contributed by atoms with Gasteiger partial charge in [-0.15, -0.1) is 0 Å². The molecular weight excluding hydrogens is 234 g/mol. The van der Waals surface area contributed by atoms with Gasteiger partial charge in [0.05, 0.1) is 0 Å². The summed E-state index contributed by atoms with van der Waals surface area (Å²) in [6.45, 7) is 8.76. The van der Waals surface area contributed by atoms with E-state index in [0.717, 1.165) is 18.7 Å². The van der Waals surface area contributed by atoms with Crippen LogP contribution < -0.4 is 5.32 Å². The van der Waals surface area contributed by atoms with Gasteiger partial charge in [-0.3, -0.25) is 0 Å². The van der Waals surface area contributed by atoms with Crippen molar-refractivity contribution in [1.29, 1.82) is 0 Å². The van der Waals surface area contributed by atoms with E-state index >= 15 is 0 Å². The second-order valence-corrected chi connectivity index (χ2v) is 6.25. The smallest absolute Gasteiger partial charge is 0.119 e. The van der Waals surface area contributed by atoms with Crippen LogP contribution in [0, 0.1) is 5.92 Å². The first kappa shape index (κ1) is 14.4. The number of rotatable bonds is 3. The predicted molar refractivity (Wildman–Crippen MR) is 80.8 cm³/mol. The van der Waals surface area contributed by atoms with Crippen molar-refractivity contribution in [3.63, 3.8) is 0 Å². The number of hydrogen-bond donors (Lipinski definition) is 2. The SMILES string of the molecule is CC(C)C(C)c1ccc(C2CCCCNC2)cc1O. The van der Waals surface area contributed by atoms with Gasteiger partial charge in [-0.2, -0.15) is 0 Å². The molecule has 2 unspecified atom stereocenters. The zero-order valence-corrected chi connectivity index (χ0v) is 12.4. The number of aromatic hydroxyl groups is 1. The fourth-order valence-electron chi connectivity index (χ4n) is 2.86. The number of hydrogen-bond acceptors (Lipinski definition) is 2. The maximum atomic E-state index is 10.3. The van der Waals surface area contributed by atoms with Crippen LogP contribution in [0.2, 0.25) is 0 Å². The summed E-state index contributed by atoms with van der Waals surface area (Å²) >= 11 is 0. The topological polar surface area (TPSA) is 32.3 Å². The van der Waals surface area contributed by atoms with Crippen LogP contribution in [0.5, 0.6) is 5.75 Å². The molecule has 2 heteroatoms. The summed E-state index contributed by atoms with van der Waals surface area (Å²) in [6, 6.07) is 6.33. The highest BCUT2D eigenvalue weighted by atomic mass is 16.3. The van der Waals surface area contributed by atoms with E-state index in [9.17, 15) is 5.11 Å². The van der Waals surface area contributed by atoms with E-state index < -0.39 is 0 Å². The average Bonchev–Trinajstić information content (AvgIpc) is 2.66. The Kier molecular flexibility index (Phi) is 4.87. The third-order valence-electron chi connectivity index (χ3n) is 4.56. The zero-order valence-electron chi connectivity index (χ0n) is 12.4. The fourth-order valence-corrected chi connectivity index (χ4v) is 2.86. The zero-order chi connectivity index (χ0) is 13.8. The number of benzene rings is 1. The quantitative estimate of drug-likeness (QED) is 0.861. The highest BCUT2D eigenvalue weighted by Crippen LogP contribution is 2.34. The Labute approximate surface area is 117 Å². The third-order valence-corrected chi connectivity index (χ3v) is 4.56. The Morgan fingerprint density at radius 3 is 2.68 bits per heavy atom. The van der Waals surface area contributed by atoms with Gasteiger partial charge < -0.3 is 10.4 Å². The molecule has 1 aliphatic heterocycles. The average molecular weight is 261 g/mol. The molecule has 2 atom stereocenters. The van der Waals surface area contributed by atoms with Crippen molar-refractivity contribution in [2.75, 3.05) is 13.1 Å². The maximum absolute atomic E-state index is 10.3. The van der Waals surface area contributed by atoms with Gasteiger partial charge in [-0.05, 0) is 54.3 Å². The fraction of sp³-hybridized carbons (Fsp3) is 0.647. The monoisotopic (exact) mass is 261 g/mol. The molecule has 2 nitrogen and oxygen atoms in total. The minimum atomic E-state index is 0.404. The van der Waals surface area contributed by atoms with Crippen molar-refractivity contribution in [2.24, 2.45) is 5.92 Å². The molecule has 2 rings (SSSR count). The number of phenolic OH excluding ortho intramolecular Hbond substituents is 1. The van der Waals surface area contributed by atoms with Gasteiger partial charge in [0.1, 0.15) is 5.75 Å². The molecule has 0 amide bonds. The normalized spacial score (nSPS) is 22.2. The molecule has 0 radical (unpaired) electrons. The lowest BCUT2D eigenvalue weighted by Gasteiger charge is -2.20. The minimum Gasteiger partial charge on any atom is -0.508 e. The molecular formula is C17H27NO. The van der Waals surface area contributed by atoms with Crippen molar-refractivity contribution in [3.05, 3.63) is 29.3 Å². The molecule has 106 valence electrons. The lowest BCUT2D eigenvalue weighted by Crippen LogP contribution is -2.19. The molecule has 1 aromatic rings. The van der Waals surface area contributed by atoms with Gasteiger partial charge >= 0.3 is 0 Å². The minimum absolute atomic E-state index is 0.404. The summed E-state index contributed by atoms with van der Waals surface area (Å²) in [5, 5.41) is 13.8. The summed E-state index contributed by atoms with van der Waals surface area (Å²) < 4.78 is 0. The van der Waals surface area contributed by atoms with Crippen LogP contribution in [0.25, 0.3) is 0 Å². The van der Waals surface area contributed by atoms with E-state index in [4.69, 9.17) is 0 Å². The molecule has 0 spiro atoms. The molecule has 0 aliphatic carbocycles. The van der Waals surface area contributed by atoms with E-state index in [2.05, 4.69) is 38.2 Å². The predicted octanol–water partition coefficient (Wildman–Crippen LogP) is 4.01.